The van der Waals surface area contributed by atoms with Crippen molar-refractivity contribution in [1.82, 2.24) is 19.5 Å². The number of imidazole rings is 1. The number of nitrogen functional groups attached to an aromatic ring is 1. The molecule has 0 bridgehead atoms. The molecule has 1 fully saturated rings. The van der Waals surface area contributed by atoms with Crippen LogP contribution in [0.2, 0.25) is 0 Å². The summed E-state index contributed by atoms with van der Waals surface area (Å²) in [7, 11) is -4.58. The summed E-state index contributed by atoms with van der Waals surface area (Å²) < 4.78 is 16.9. The smallest absolute Gasteiger partial charge is 0.393 e. The van der Waals surface area contributed by atoms with Gasteiger partial charge in [-0.15, -0.1) is 0 Å². The highest BCUT2D eigenvalue weighted by Gasteiger charge is 2.36. The van der Waals surface area contributed by atoms with Crippen LogP contribution in [0.1, 0.15) is 18.9 Å². The third-order valence-electron chi connectivity index (χ3n) is 3.93. The Morgan fingerprint density at radius 3 is 2.91 bits per heavy atom. The zero-order valence-corrected chi connectivity index (χ0v) is 12.8. The lowest BCUT2D eigenvalue weighted by molar-refractivity contribution is 0.0844. The van der Waals surface area contributed by atoms with Gasteiger partial charge < -0.3 is 25.2 Å². The SMILES string of the molecule is Nc1nc2c(ncn2C2CC(O)C(COP(=O)(O)O)C2)c(=O)[nH]1. The number of hydrogen-bond acceptors (Lipinski definition) is 7. The van der Waals surface area contributed by atoms with Gasteiger partial charge in [0.05, 0.1) is 19.0 Å². The van der Waals surface area contributed by atoms with Gasteiger partial charge >= 0.3 is 7.82 Å². The third kappa shape index (κ3) is 3.28. The number of nitrogens with two attached hydrogens (primary N) is 1. The van der Waals surface area contributed by atoms with Crippen LogP contribution in [0.4, 0.5) is 5.95 Å². The van der Waals surface area contributed by atoms with Gasteiger partial charge in [-0.1, -0.05) is 0 Å². The van der Waals surface area contributed by atoms with Gasteiger partial charge in [-0.05, 0) is 12.8 Å². The fourth-order valence-electron chi connectivity index (χ4n) is 2.88. The Morgan fingerprint density at radius 1 is 1.48 bits per heavy atom. The molecule has 3 rings (SSSR count). The molecule has 1 aliphatic carbocycles. The van der Waals surface area contributed by atoms with Crippen LogP contribution < -0.4 is 11.3 Å². The monoisotopic (exact) mass is 345 g/mol. The molecule has 12 heteroatoms. The Kier molecular flexibility index (Phi) is 3.98. The van der Waals surface area contributed by atoms with Crippen molar-refractivity contribution in [2.45, 2.75) is 25.0 Å². The lowest BCUT2D eigenvalue weighted by Crippen LogP contribution is -2.18. The van der Waals surface area contributed by atoms with Gasteiger partial charge in [0.1, 0.15) is 0 Å². The standard InChI is InChI=1S/C11H16N5O6P/c12-11-14-9-8(10(18)15-11)13-4-16(9)6-1-5(7(17)2-6)3-22-23(19,20)21/h4-7,17H,1-3H2,(H2,19,20,21)(H3,12,14,15,18). The van der Waals surface area contributed by atoms with Gasteiger partial charge in [-0.25, -0.2) is 9.55 Å². The van der Waals surface area contributed by atoms with E-state index >= 15 is 0 Å². The Bertz CT molecular complexity index is 828. The Hall–Kier alpha value is -1.78. The van der Waals surface area contributed by atoms with Crippen molar-refractivity contribution in [3.63, 3.8) is 0 Å². The van der Waals surface area contributed by atoms with Gasteiger partial charge in [0, 0.05) is 12.0 Å². The van der Waals surface area contributed by atoms with Crippen LogP contribution in [0.25, 0.3) is 11.2 Å². The topological polar surface area (TPSA) is 177 Å². The maximum atomic E-state index is 11.8. The second-order valence-electron chi connectivity index (χ2n) is 5.51. The van der Waals surface area contributed by atoms with Crippen LogP contribution in [-0.4, -0.2) is 47.1 Å². The predicted molar refractivity (Wildman–Crippen MR) is 78.3 cm³/mol. The maximum Gasteiger partial charge on any atom is 0.469 e. The molecule has 2 aromatic heterocycles. The molecule has 2 heterocycles. The number of aliphatic hydroxyl groups excluding tert-OH is 1. The van der Waals surface area contributed by atoms with E-state index < -0.39 is 25.4 Å². The van der Waals surface area contributed by atoms with Crippen molar-refractivity contribution in [2.75, 3.05) is 12.3 Å². The van der Waals surface area contributed by atoms with Gasteiger partial charge in [0.25, 0.3) is 5.56 Å². The number of nitrogens with one attached hydrogen (secondary N) is 1. The molecule has 11 nitrogen and oxygen atoms in total. The van der Waals surface area contributed by atoms with Crippen molar-refractivity contribution in [3.8, 4) is 0 Å². The van der Waals surface area contributed by atoms with Crippen LogP contribution in [0.15, 0.2) is 11.1 Å². The number of phosphoric ester groups is 1. The minimum absolute atomic E-state index is 0.0378. The van der Waals surface area contributed by atoms with E-state index in [4.69, 9.17) is 15.5 Å². The molecule has 2 aromatic rings. The normalized spacial score (nSPS) is 25.3. The first-order valence-corrected chi connectivity index (χ1v) is 8.38. The number of H-pyrrole nitrogens is 1. The average Bonchev–Trinajstić information content (AvgIpc) is 2.99. The van der Waals surface area contributed by atoms with E-state index in [9.17, 15) is 14.5 Å². The van der Waals surface area contributed by atoms with Crippen LogP contribution in [0.5, 0.6) is 0 Å². The molecule has 23 heavy (non-hydrogen) atoms. The van der Waals surface area contributed by atoms with E-state index in [-0.39, 0.29) is 24.1 Å². The Morgan fingerprint density at radius 2 is 2.22 bits per heavy atom. The molecule has 6 N–H and O–H groups in total. The highest BCUT2D eigenvalue weighted by Crippen LogP contribution is 2.41. The number of phosphoric acid groups is 1. The molecule has 1 saturated carbocycles. The highest BCUT2D eigenvalue weighted by molar-refractivity contribution is 7.46. The lowest BCUT2D eigenvalue weighted by atomic mass is 10.1. The number of anilines is 1. The summed E-state index contributed by atoms with van der Waals surface area (Å²) in [5, 5.41) is 10.1. The van der Waals surface area contributed by atoms with Crippen molar-refractivity contribution < 1.29 is 24.0 Å². The molecule has 3 unspecified atom stereocenters. The van der Waals surface area contributed by atoms with Crippen LogP contribution in [-0.2, 0) is 9.09 Å². The fraction of sp³-hybridized carbons (Fsp3) is 0.545. The van der Waals surface area contributed by atoms with Crippen LogP contribution >= 0.6 is 7.82 Å². The van der Waals surface area contributed by atoms with E-state index in [1.165, 1.54) is 6.33 Å². The summed E-state index contributed by atoms with van der Waals surface area (Å²) in [6.45, 7) is -0.259. The number of rotatable bonds is 4. The summed E-state index contributed by atoms with van der Waals surface area (Å²) in [5.41, 5.74) is 5.53. The number of aromatic nitrogens is 4. The molecule has 1 aliphatic rings. The van der Waals surface area contributed by atoms with E-state index in [1.54, 1.807) is 4.57 Å². The molecule has 0 amide bonds. The first-order chi connectivity index (χ1) is 10.7. The van der Waals surface area contributed by atoms with Crippen molar-refractivity contribution in [1.29, 1.82) is 0 Å². The molecule has 0 radical (unpaired) electrons. The largest absolute Gasteiger partial charge is 0.469 e. The van der Waals surface area contributed by atoms with Crippen molar-refractivity contribution in [2.24, 2.45) is 5.92 Å². The van der Waals surface area contributed by atoms with E-state index in [2.05, 4.69) is 19.5 Å². The molecule has 3 atom stereocenters. The number of aromatic amines is 1. The van der Waals surface area contributed by atoms with Crippen molar-refractivity contribution >= 4 is 24.9 Å². The summed E-state index contributed by atoms with van der Waals surface area (Å²) in [4.78, 5) is 39.7. The molecule has 0 aromatic carbocycles. The minimum Gasteiger partial charge on any atom is -0.393 e. The fourth-order valence-corrected chi connectivity index (χ4v) is 3.27. The molecular formula is C11H16N5O6P. The zero-order valence-electron chi connectivity index (χ0n) is 11.9. The first kappa shape index (κ1) is 16.1. The Labute approximate surface area is 129 Å². The van der Waals surface area contributed by atoms with Crippen LogP contribution in [0, 0.1) is 5.92 Å². The molecule has 126 valence electrons. The van der Waals surface area contributed by atoms with Gasteiger partial charge in [0.15, 0.2) is 11.2 Å². The van der Waals surface area contributed by atoms with E-state index in [0.29, 0.717) is 18.5 Å². The second kappa shape index (κ2) is 5.69. The molecule has 0 spiro atoms. The quantitative estimate of drug-likeness (QED) is 0.440. The third-order valence-corrected chi connectivity index (χ3v) is 4.42. The van der Waals surface area contributed by atoms with Gasteiger partial charge in [-0.2, -0.15) is 4.98 Å². The molecule has 0 aliphatic heterocycles. The zero-order chi connectivity index (χ0) is 16.8. The Balaban J connectivity index is 1.84. The average molecular weight is 345 g/mol. The highest BCUT2D eigenvalue weighted by atomic mass is 31.2. The lowest BCUT2D eigenvalue weighted by Gasteiger charge is -2.14. The maximum absolute atomic E-state index is 11.8. The summed E-state index contributed by atoms with van der Waals surface area (Å²) in [5.74, 6) is -0.478. The van der Waals surface area contributed by atoms with E-state index in [0.717, 1.165) is 0 Å². The minimum atomic E-state index is -4.58. The van der Waals surface area contributed by atoms with Gasteiger partial charge in [0.2, 0.25) is 5.95 Å². The number of nitrogens with zero attached hydrogens (tertiary/aromatic N) is 3. The number of fused-ring (bicyclic) bond motifs is 1. The summed E-state index contributed by atoms with van der Waals surface area (Å²) >= 11 is 0. The predicted octanol–water partition coefficient (Wildman–Crippen LogP) is -0.877. The molecular weight excluding hydrogens is 329 g/mol. The van der Waals surface area contributed by atoms with Crippen molar-refractivity contribution in [3.05, 3.63) is 16.7 Å². The van der Waals surface area contributed by atoms with Gasteiger partial charge in [-0.3, -0.25) is 14.3 Å². The van der Waals surface area contributed by atoms with E-state index in [1.807, 2.05) is 0 Å². The summed E-state index contributed by atoms with van der Waals surface area (Å²) in [6.07, 6.45) is 1.38. The summed E-state index contributed by atoms with van der Waals surface area (Å²) in [6, 6.07) is -0.228. The number of hydrogen-bond donors (Lipinski definition) is 5. The number of aliphatic hydroxyl groups is 1. The second-order valence-corrected chi connectivity index (χ2v) is 6.75. The van der Waals surface area contributed by atoms with Crippen LogP contribution in [0.3, 0.4) is 0 Å². The molecule has 0 saturated heterocycles. The first-order valence-electron chi connectivity index (χ1n) is 6.85.